The normalized spacial score (nSPS) is 12.5. The molecule has 0 aliphatic carbocycles. The summed E-state index contributed by atoms with van der Waals surface area (Å²) < 4.78 is 16.4. The fourth-order valence-corrected chi connectivity index (χ4v) is 5.65. The number of para-hydroxylation sites is 1. The van der Waals surface area contributed by atoms with E-state index in [-0.39, 0.29) is 12.0 Å². The predicted molar refractivity (Wildman–Crippen MR) is 146 cm³/mol. The van der Waals surface area contributed by atoms with Gasteiger partial charge in [0.15, 0.2) is 0 Å². The maximum Gasteiger partial charge on any atom is 0.410 e. The van der Waals surface area contributed by atoms with Crippen LogP contribution in [-0.4, -0.2) is 43.8 Å². The second kappa shape index (κ2) is 12.2. The van der Waals surface area contributed by atoms with Crippen LogP contribution >= 0.6 is 22.9 Å². The molecular formula is C27H30ClN3O5S. The van der Waals surface area contributed by atoms with E-state index in [1.165, 1.54) is 18.4 Å². The number of nitrogens with one attached hydrogen (secondary N) is 2. The van der Waals surface area contributed by atoms with E-state index < -0.39 is 0 Å². The molecule has 0 saturated heterocycles. The van der Waals surface area contributed by atoms with Gasteiger partial charge in [0.25, 0.3) is 5.91 Å². The number of methoxy groups -OCH3 is 1. The van der Waals surface area contributed by atoms with Gasteiger partial charge in [-0.3, -0.25) is 4.79 Å². The van der Waals surface area contributed by atoms with Crippen molar-refractivity contribution in [3.63, 3.8) is 0 Å². The van der Waals surface area contributed by atoms with Crippen LogP contribution in [0.5, 0.6) is 11.5 Å². The van der Waals surface area contributed by atoms with E-state index >= 15 is 0 Å². The Morgan fingerprint density at radius 1 is 1.11 bits per heavy atom. The third-order valence-electron chi connectivity index (χ3n) is 5.93. The summed E-state index contributed by atoms with van der Waals surface area (Å²) in [6.07, 6.45) is 0.188. The minimum atomic E-state index is -0.351. The van der Waals surface area contributed by atoms with Crippen LogP contribution in [0.2, 0.25) is 5.02 Å². The summed E-state index contributed by atoms with van der Waals surface area (Å²) in [5, 5.41) is 7.62. The van der Waals surface area contributed by atoms with Gasteiger partial charge in [0.05, 0.1) is 38.1 Å². The van der Waals surface area contributed by atoms with E-state index in [1.807, 2.05) is 31.2 Å². The lowest BCUT2D eigenvalue weighted by molar-refractivity contribution is 0.102. The van der Waals surface area contributed by atoms with Crippen LogP contribution in [0.1, 0.15) is 40.2 Å². The number of carbonyl (C=O) groups is 2. The number of carbonyl (C=O) groups excluding carboxylic acids is 2. The fraction of sp³-hybridized carbons (Fsp3) is 0.333. The van der Waals surface area contributed by atoms with Gasteiger partial charge in [0, 0.05) is 28.6 Å². The molecule has 0 saturated carbocycles. The molecule has 1 aliphatic heterocycles. The summed E-state index contributed by atoms with van der Waals surface area (Å²) in [5.74, 6) is 1.03. The first-order valence-electron chi connectivity index (χ1n) is 12.1. The Morgan fingerprint density at radius 2 is 1.92 bits per heavy atom. The molecule has 0 atom stereocenters. The molecule has 10 heteroatoms. The van der Waals surface area contributed by atoms with Crippen molar-refractivity contribution in [2.45, 2.75) is 33.4 Å². The van der Waals surface area contributed by atoms with E-state index in [1.54, 1.807) is 30.0 Å². The summed E-state index contributed by atoms with van der Waals surface area (Å²) in [6.45, 7) is 5.92. The largest absolute Gasteiger partial charge is 0.495 e. The summed E-state index contributed by atoms with van der Waals surface area (Å²) >= 11 is 7.65. The molecule has 0 spiro atoms. The lowest BCUT2D eigenvalue weighted by Gasteiger charge is -2.26. The van der Waals surface area contributed by atoms with Gasteiger partial charge in [-0.05, 0) is 50.1 Å². The number of thiophene rings is 1. The van der Waals surface area contributed by atoms with E-state index in [9.17, 15) is 9.59 Å². The Bertz CT molecular complexity index is 1280. The molecule has 2 heterocycles. The highest BCUT2D eigenvalue weighted by Gasteiger charge is 2.30. The van der Waals surface area contributed by atoms with E-state index in [0.717, 1.165) is 26.8 Å². The van der Waals surface area contributed by atoms with Crippen LogP contribution < -0.4 is 20.1 Å². The van der Waals surface area contributed by atoms with Crippen molar-refractivity contribution in [3.05, 3.63) is 69.1 Å². The molecule has 2 amide bonds. The number of rotatable bonds is 9. The predicted octanol–water partition coefficient (Wildman–Crippen LogP) is 6.19. The summed E-state index contributed by atoms with van der Waals surface area (Å²) in [6, 6.07) is 12.9. The second-order valence-corrected chi connectivity index (χ2v) is 9.81. The third kappa shape index (κ3) is 6.11. The topological polar surface area (TPSA) is 89.1 Å². The number of benzene rings is 2. The molecular weight excluding hydrogens is 514 g/mol. The first-order chi connectivity index (χ1) is 17.9. The van der Waals surface area contributed by atoms with Gasteiger partial charge in [0.2, 0.25) is 0 Å². The first kappa shape index (κ1) is 26.6. The number of hydrogen-bond donors (Lipinski definition) is 2. The van der Waals surface area contributed by atoms with Crippen LogP contribution in [0, 0.1) is 0 Å². The van der Waals surface area contributed by atoms with Gasteiger partial charge in [-0.25, -0.2) is 4.79 Å². The molecule has 0 bridgehead atoms. The maximum atomic E-state index is 13.7. The molecule has 8 nitrogen and oxygen atoms in total. The minimum absolute atomic E-state index is 0.275. The number of fused-ring (bicyclic) bond motifs is 1. The third-order valence-corrected chi connectivity index (χ3v) is 7.34. The summed E-state index contributed by atoms with van der Waals surface area (Å²) in [7, 11) is 1.54. The number of ether oxygens (including phenoxy) is 3. The molecule has 0 unspecified atom stereocenters. The van der Waals surface area contributed by atoms with Gasteiger partial charge in [-0.15, -0.1) is 11.3 Å². The van der Waals surface area contributed by atoms with E-state index in [0.29, 0.717) is 61.3 Å². The molecule has 37 heavy (non-hydrogen) atoms. The summed E-state index contributed by atoms with van der Waals surface area (Å²) in [4.78, 5) is 28.6. The molecule has 1 aromatic heterocycles. The fourth-order valence-electron chi connectivity index (χ4n) is 4.22. The minimum Gasteiger partial charge on any atom is -0.495 e. The Morgan fingerprint density at radius 3 is 2.68 bits per heavy atom. The highest BCUT2D eigenvalue weighted by atomic mass is 35.5. The summed E-state index contributed by atoms with van der Waals surface area (Å²) in [5.41, 5.74) is 2.94. The zero-order valence-electron chi connectivity index (χ0n) is 21.1. The molecule has 1 aliphatic rings. The van der Waals surface area contributed by atoms with Crippen LogP contribution in [0.3, 0.4) is 0 Å². The molecule has 3 aromatic rings. The molecule has 0 radical (unpaired) electrons. The van der Waals surface area contributed by atoms with Gasteiger partial charge in [-0.2, -0.15) is 0 Å². The average molecular weight is 544 g/mol. The van der Waals surface area contributed by atoms with Crippen molar-refractivity contribution in [1.29, 1.82) is 0 Å². The number of amides is 2. The lowest BCUT2D eigenvalue weighted by atomic mass is 10.0. The quantitative estimate of drug-likeness (QED) is 0.334. The van der Waals surface area contributed by atoms with Crippen molar-refractivity contribution in [3.8, 4) is 11.5 Å². The zero-order valence-corrected chi connectivity index (χ0v) is 22.6. The Kier molecular flexibility index (Phi) is 8.78. The molecule has 196 valence electrons. The Labute approximate surface area is 225 Å². The highest BCUT2D eigenvalue weighted by molar-refractivity contribution is 7.16. The van der Waals surface area contributed by atoms with Gasteiger partial charge in [0.1, 0.15) is 16.5 Å². The van der Waals surface area contributed by atoms with Crippen LogP contribution in [0.4, 0.5) is 15.5 Å². The first-order valence-corrected chi connectivity index (χ1v) is 13.3. The molecule has 2 aromatic carbocycles. The molecule has 2 N–H and O–H groups in total. The van der Waals surface area contributed by atoms with Crippen molar-refractivity contribution < 1.29 is 23.8 Å². The SMILES string of the molecule is CCOC(=O)N1CCc2c(sc(NCc3ccccc3OCC)c2C(=O)Nc2cc(Cl)ccc2OC)C1. The Balaban J connectivity index is 1.66. The van der Waals surface area contributed by atoms with Crippen molar-refractivity contribution >= 4 is 45.6 Å². The van der Waals surface area contributed by atoms with Gasteiger partial charge >= 0.3 is 6.09 Å². The van der Waals surface area contributed by atoms with E-state index in [2.05, 4.69) is 10.6 Å². The second-order valence-electron chi connectivity index (χ2n) is 8.27. The highest BCUT2D eigenvalue weighted by Crippen LogP contribution is 2.39. The van der Waals surface area contributed by atoms with Crippen LogP contribution in [0.15, 0.2) is 42.5 Å². The monoisotopic (exact) mass is 543 g/mol. The molecule has 0 fully saturated rings. The maximum absolute atomic E-state index is 13.7. The van der Waals surface area contributed by atoms with Gasteiger partial charge < -0.3 is 29.7 Å². The number of hydrogen-bond acceptors (Lipinski definition) is 7. The number of halogens is 1. The van der Waals surface area contributed by atoms with E-state index in [4.69, 9.17) is 25.8 Å². The van der Waals surface area contributed by atoms with Gasteiger partial charge in [-0.1, -0.05) is 29.8 Å². The zero-order chi connectivity index (χ0) is 26.4. The van der Waals surface area contributed by atoms with Crippen LogP contribution in [0.25, 0.3) is 0 Å². The average Bonchev–Trinajstić information content (AvgIpc) is 3.26. The number of nitrogens with zero attached hydrogens (tertiary/aromatic N) is 1. The Hall–Kier alpha value is -3.43. The number of anilines is 2. The molecule has 4 rings (SSSR count). The van der Waals surface area contributed by atoms with Crippen molar-refractivity contribution in [1.82, 2.24) is 4.90 Å². The van der Waals surface area contributed by atoms with Crippen molar-refractivity contribution in [2.75, 3.05) is 37.5 Å². The lowest BCUT2D eigenvalue weighted by Crippen LogP contribution is -2.36. The van der Waals surface area contributed by atoms with Crippen LogP contribution in [-0.2, 0) is 24.2 Å². The smallest absolute Gasteiger partial charge is 0.410 e. The standard InChI is InChI=1S/C27H30ClN3O5S/c1-4-35-21-9-7-6-8-17(21)15-29-26-24(25(32)30-20-14-18(28)10-11-22(20)34-3)19-12-13-31(16-23(19)37-26)27(33)36-5-2/h6-11,14,29H,4-5,12-13,15-16H2,1-3H3,(H,30,32). The van der Waals surface area contributed by atoms with Crippen molar-refractivity contribution in [2.24, 2.45) is 0 Å².